The van der Waals surface area contributed by atoms with E-state index in [1.165, 1.54) is 0 Å². The number of thiophene rings is 1. The third-order valence-electron chi connectivity index (χ3n) is 6.61. The average Bonchev–Trinajstić information content (AvgIpc) is 3.53. The van der Waals surface area contributed by atoms with Crippen molar-refractivity contribution in [3.05, 3.63) is 72.8 Å². The second-order valence-electron chi connectivity index (χ2n) is 9.22. The van der Waals surface area contributed by atoms with Gasteiger partial charge in [0.15, 0.2) is 0 Å². The van der Waals surface area contributed by atoms with Gasteiger partial charge in [-0.15, -0.1) is 11.3 Å². The molecular formula is C27H35ClN6O2S. The summed E-state index contributed by atoms with van der Waals surface area (Å²) in [5.74, 6) is 0.0599. The minimum Gasteiger partial charge on any atom is -0.384 e. The molecule has 0 saturated carbocycles. The smallest absolute Gasteiger partial charge is 0.257 e. The highest BCUT2D eigenvalue weighted by atomic mass is 35.5. The van der Waals surface area contributed by atoms with Gasteiger partial charge in [-0.3, -0.25) is 9.59 Å². The summed E-state index contributed by atoms with van der Waals surface area (Å²) in [4.78, 5) is 35.9. The second kappa shape index (κ2) is 11.6. The highest BCUT2D eigenvalue weighted by Crippen LogP contribution is 2.43. The summed E-state index contributed by atoms with van der Waals surface area (Å²) < 4.78 is 0. The number of benzene rings is 1. The fraction of sp³-hybridized carbons (Fsp3) is 0.407. The number of aromatic amines is 1. The molecule has 2 aliphatic heterocycles. The van der Waals surface area contributed by atoms with Crippen molar-refractivity contribution >= 4 is 45.9 Å². The Labute approximate surface area is 227 Å². The van der Waals surface area contributed by atoms with Gasteiger partial charge in [0.05, 0.1) is 22.0 Å². The highest BCUT2D eigenvalue weighted by Gasteiger charge is 2.35. The zero-order chi connectivity index (χ0) is 26.7. The van der Waals surface area contributed by atoms with Gasteiger partial charge in [0.25, 0.3) is 11.5 Å². The fourth-order valence-electron chi connectivity index (χ4n) is 4.70. The van der Waals surface area contributed by atoms with Gasteiger partial charge in [0.1, 0.15) is 6.17 Å². The fourth-order valence-corrected chi connectivity index (χ4v) is 5.83. The van der Waals surface area contributed by atoms with Crippen molar-refractivity contribution in [2.75, 3.05) is 56.3 Å². The van der Waals surface area contributed by atoms with Crippen LogP contribution in [-0.2, 0) is 13.0 Å². The summed E-state index contributed by atoms with van der Waals surface area (Å²) in [6.07, 6.45) is 2.07. The van der Waals surface area contributed by atoms with Gasteiger partial charge in [-0.1, -0.05) is 25.4 Å². The molecule has 8 nitrogen and oxygen atoms in total. The molecule has 0 radical (unpaired) electrons. The number of carbonyl (C=O) groups excluding carboxylic acids is 1. The number of H-pyrrole nitrogens is 1. The zero-order valence-corrected chi connectivity index (χ0v) is 23.6. The van der Waals surface area contributed by atoms with Gasteiger partial charge in [0.2, 0.25) is 0 Å². The van der Waals surface area contributed by atoms with E-state index in [0.717, 1.165) is 51.1 Å². The minimum atomic E-state index is -0.356. The molecule has 0 aliphatic carbocycles. The van der Waals surface area contributed by atoms with E-state index in [4.69, 9.17) is 11.6 Å². The molecule has 0 saturated heterocycles. The molecule has 4 heterocycles. The van der Waals surface area contributed by atoms with Crippen molar-refractivity contribution in [3.63, 3.8) is 0 Å². The third kappa shape index (κ3) is 5.49. The molecule has 10 heteroatoms. The Morgan fingerprint density at radius 1 is 1.22 bits per heavy atom. The molecule has 3 aromatic rings. The average molecular weight is 543 g/mol. The molecule has 0 spiro atoms. The van der Waals surface area contributed by atoms with Crippen molar-refractivity contribution in [1.29, 1.82) is 0 Å². The zero-order valence-electron chi connectivity index (χ0n) is 22.0. The number of amides is 1. The molecule has 37 heavy (non-hydrogen) atoms. The van der Waals surface area contributed by atoms with Gasteiger partial charge in [0, 0.05) is 62.0 Å². The summed E-state index contributed by atoms with van der Waals surface area (Å²) in [5.41, 5.74) is 4.83. The molecule has 3 N–H and O–H groups in total. The molecular weight excluding hydrogens is 508 g/mol. The molecule has 0 bridgehead atoms. The number of hydrogen-bond acceptors (Lipinski definition) is 7. The second-order valence-corrected chi connectivity index (χ2v) is 10.6. The van der Waals surface area contributed by atoms with E-state index in [2.05, 4.69) is 31.5 Å². The van der Waals surface area contributed by atoms with Gasteiger partial charge >= 0.3 is 0 Å². The maximum Gasteiger partial charge on any atom is 0.257 e. The van der Waals surface area contributed by atoms with Gasteiger partial charge in [-0.25, -0.2) is 0 Å². The Balaban J connectivity index is 0.00000156. The predicted octanol–water partition coefficient (Wildman–Crippen LogP) is 4.85. The van der Waals surface area contributed by atoms with E-state index < -0.39 is 0 Å². The van der Waals surface area contributed by atoms with Gasteiger partial charge in [-0.05, 0) is 49.3 Å². The monoisotopic (exact) mass is 542 g/mol. The number of rotatable bonds is 8. The van der Waals surface area contributed by atoms with E-state index in [1.54, 1.807) is 17.5 Å². The molecule has 1 atom stereocenters. The maximum absolute atomic E-state index is 13.0. The molecule has 1 unspecified atom stereocenters. The number of nitrogens with zero attached hydrogens (tertiary/aromatic N) is 3. The first kappa shape index (κ1) is 27.0. The van der Waals surface area contributed by atoms with Crippen LogP contribution in [0.5, 0.6) is 0 Å². The lowest BCUT2D eigenvalue weighted by atomic mass is 10.1. The summed E-state index contributed by atoms with van der Waals surface area (Å²) in [5, 5.41) is 9.66. The summed E-state index contributed by atoms with van der Waals surface area (Å²) >= 11 is 7.86. The number of halogens is 1. The largest absolute Gasteiger partial charge is 0.384 e. The number of hydrogen-bond donors (Lipinski definition) is 3. The van der Waals surface area contributed by atoms with Crippen molar-refractivity contribution < 1.29 is 4.79 Å². The molecule has 2 aliphatic rings. The highest BCUT2D eigenvalue weighted by molar-refractivity contribution is 7.10. The number of anilines is 3. The van der Waals surface area contributed by atoms with Crippen LogP contribution in [0.1, 0.15) is 46.4 Å². The number of carbonyl (C=O) groups is 1. The Morgan fingerprint density at radius 3 is 2.70 bits per heavy atom. The van der Waals surface area contributed by atoms with Crippen LogP contribution in [-0.4, -0.2) is 61.5 Å². The number of likely N-dealkylation sites (N-methyl/N-ethyl adjacent to an activating group) is 1. The first-order valence-electron chi connectivity index (χ1n) is 12.6. The quantitative estimate of drug-likeness (QED) is 0.377. The van der Waals surface area contributed by atoms with Crippen molar-refractivity contribution in [2.45, 2.75) is 33.0 Å². The van der Waals surface area contributed by atoms with Gasteiger partial charge in [-0.2, -0.15) is 0 Å². The van der Waals surface area contributed by atoms with Crippen molar-refractivity contribution in [1.82, 2.24) is 14.8 Å². The number of aromatic nitrogens is 1. The van der Waals surface area contributed by atoms with Gasteiger partial charge < -0.3 is 30.3 Å². The van der Waals surface area contributed by atoms with Crippen LogP contribution in [0.3, 0.4) is 0 Å². The van der Waals surface area contributed by atoms with Crippen LogP contribution in [0, 0.1) is 0 Å². The number of pyridine rings is 1. The van der Waals surface area contributed by atoms with Crippen molar-refractivity contribution in [2.24, 2.45) is 0 Å². The SMILES string of the molecule is CC.CN(C)CCN1Cc2cc3c(cc2C1=O)NC(c1c(NCCc2sccc2Cl)cc[nH]c1=O)N3C. The Hall–Kier alpha value is -3.01. The molecule has 1 aromatic carbocycles. The third-order valence-corrected chi connectivity index (χ3v) is 8.06. The van der Waals surface area contributed by atoms with Crippen LogP contribution in [0.2, 0.25) is 5.02 Å². The first-order valence-corrected chi connectivity index (χ1v) is 13.9. The lowest BCUT2D eigenvalue weighted by Crippen LogP contribution is -2.32. The van der Waals surface area contributed by atoms with Crippen LogP contribution < -0.4 is 21.1 Å². The first-order chi connectivity index (χ1) is 17.8. The summed E-state index contributed by atoms with van der Waals surface area (Å²) in [7, 11) is 5.98. The Morgan fingerprint density at radius 2 is 2.00 bits per heavy atom. The van der Waals surface area contributed by atoms with Crippen LogP contribution >= 0.6 is 22.9 Å². The lowest BCUT2D eigenvalue weighted by molar-refractivity contribution is 0.0768. The Bertz CT molecular complexity index is 1320. The summed E-state index contributed by atoms with van der Waals surface area (Å²) in [6.45, 7) is 6.79. The van der Waals surface area contributed by atoms with Crippen molar-refractivity contribution in [3.8, 4) is 0 Å². The van der Waals surface area contributed by atoms with E-state index in [1.807, 2.05) is 63.5 Å². The molecule has 1 amide bonds. The number of nitrogens with one attached hydrogen (secondary N) is 3. The molecule has 5 rings (SSSR count). The van der Waals surface area contributed by atoms with E-state index in [-0.39, 0.29) is 17.6 Å². The standard InChI is InChI=1S/C25H29ClN6O2S.C2H6/c1-30(2)9-10-32-14-15-12-20-19(13-16(15)25(32)34)29-23(31(20)3)22-18(4-7-28-24(22)33)27-8-5-21-17(26)6-11-35-21;1-2/h4,6-7,11-13,23,29H,5,8-10,14H2,1-3H3,(H2,27,28,33);1-2H3. The number of fused-ring (bicyclic) bond motifs is 2. The van der Waals surface area contributed by atoms with E-state index >= 15 is 0 Å². The normalized spacial score (nSPS) is 15.9. The summed E-state index contributed by atoms with van der Waals surface area (Å²) in [6, 6.07) is 7.80. The Kier molecular flexibility index (Phi) is 8.46. The van der Waals surface area contributed by atoms with Crippen LogP contribution in [0.25, 0.3) is 0 Å². The van der Waals surface area contributed by atoms with E-state index in [0.29, 0.717) is 25.2 Å². The minimum absolute atomic E-state index is 0.0599. The predicted molar refractivity (Wildman–Crippen MR) is 154 cm³/mol. The lowest BCUT2D eigenvalue weighted by Gasteiger charge is -2.24. The molecule has 2 aromatic heterocycles. The van der Waals surface area contributed by atoms with Crippen LogP contribution in [0.15, 0.2) is 40.6 Å². The van der Waals surface area contributed by atoms with E-state index in [9.17, 15) is 9.59 Å². The molecule has 198 valence electrons. The molecule has 0 fully saturated rings. The van der Waals surface area contributed by atoms with Crippen LogP contribution in [0.4, 0.5) is 17.1 Å². The maximum atomic E-state index is 13.0. The topological polar surface area (TPSA) is 83.7 Å².